The zero-order valence-corrected chi connectivity index (χ0v) is 12.3. The van der Waals surface area contributed by atoms with Gasteiger partial charge >= 0.3 is 0 Å². The van der Waals surface area contributed by atoms with Gasteiger partial charge in [0.1, 0.15) is 0 Å². The first-order valence-corrected chi connectivity index (χ1v) is 7.50. The first kappa shape index (κ1) is 14.0. The summed E-state index contributed by atoms with van der Waals surface area (Å²) in [4.78, 5) is 2.30. The first-order chi connectivity index (χ1) is 9.71. The highest BCUT2D eigenvalue weighted by molar-refractivity contribution is 4.88. The fourth-order valence-corrected chi connectivity index (χ4v) is 3.11. The van der Waals surface area contributed by atoms with Gasteiger partial charge in [-0.3, -0.25) is 4.90 Å². The van der Waals surface area contributed by atoms with Gasteiger partial charge in [-0.2, -0.15) is 0 Å². The Labute approximate surface area is 119 Å². The summed E-state index contributed by atoms with van der Waals surface area (Å²) >= 11 is 0. The van der Waals surface area contributed by atoms with E-state index in [1.807, 2.05) is 6.92 Å². The van der Waals surface area contributed by atoms with Crippen molar-refractivity contribution in [1.82, 2.24) is 15.1 Å². The highest BCUT2D eigenvalue weighted by Crippen LogP contribution is 2.37. The van der Waals surface area contributed by atoms with E-state index in [0.29, 0.717) is 24.4 Å². The summed E-state index contributed by atoms with van der Waals surface area (Å²) in [5.74, 6) is 1.14. The Bertz CT molecular complexity index is 433. The maximum Gasteiger partial charge on any atom is 0.230 e. The van der Waals surface area contributed by atoms with Crippen molar-refractivity contribution in [3.05, 3.63) is 11.8 Å². The Morgan fingerprint density at radius 1 is 1.15 bits per heavy atom. The average molecular weight is 281 g/mol. The van der Waals surface area contributed by atoms with Crippen LogP contribution in [0.15, 0.2) is 4.42 Å². The fraction of sp³-hybridized carbons (Fsp3) is 0.857. The summed E-state index contributed by atoms with van der Waals surface area (Å²) in [6.45, 7) is 4.21. The Balaban J connectivity index is 1.52. The van der Waals surface area contributed by atoms with E-state index in [-0.39, 0.29) is 5.79 Å². The van der Waals surface area contributed by atoms with Crippen LogP contribution in [0.25, 0.3) is 0 Å². The van der Waals surface area contributed by atoms with Gasteiger partial charge in [-0.15, -0.1) is 10.2 Å². The lowest BCUT2D eigenvalue weighted by molar-refractivity contribution is -0.183. The summed E-state index contributed by atoms with van der Waals surface area (Å²) in [5, 5.41) is 8.09. The first-order valence-electron chi connectivity index (χ1n) is 7.50. The molecule has 1 aliphatic carbocycles. The molecule has 6 nitrogen and oxygen atoms in total. The van der Waals surface area contributed by atoms with E-state index in [1.165, 1.54) is 0 Å². The van der Waals surface area contributed by atoms with Gasteiger partial charge in [-0.05, 0) is 19.9 Å². The molecule has 0 aromatic carbocycles. The molecule has 0 amide bonds. The lowest BCUT2D eigenvalue weighted by Gasteiger charge is -2.38. The second-order valence-electron chi connectivity index (χ2n) is 5.70. The van der Waals surface area contributed by atoms with Gasteiger partial charge in [-0.25, -0.2) is 0 Å². The smallest absolute Gasteiger partial charge is 0.230 e. The summed E-state index contributed by atoms with van der Waals surface area (Å²) in [5.41, 5.74) is 0. The van der Waals surface area contributed by atoms with Crippen LogP contribution in [0.1, 0.15) is 44.4 Å². The van der Waals surface area contributed by atoms with Crippen LogP contribution in [-0.4, -0.2) is 47.2 Å². The summed E-state index contributed by atoms with van der Waals surface area (Å²) in [6, 6.07) is 0.533. The third kappa shape index (κ3) is 2.87. The SMILES string of the molecule is CCc1nnc(CN(C)C2CCC3(CC2)OCCO3)o1. The van der Waals surface area contributed by atoms with Crippen LogP contribution >= 0.6 is 0 Å². The molecule has 1 saturated carbocycles. The van der Waals surface area contributed by atoms with E-state index >= 15 is 0 Å². The van der Waals surface area contributed by atoms with Crippen molar-refractivity contribution >= 4 is 0 Å². The van der Waals surface area contributed by atoms with E-state index in [0.717, 1.165) is 45.3 Å². The van der Waals surface area contributed by atoms with Crippen molar-refractivity contribution in [3.63, 3.8) is 0 Å². The van der Waals surface area contributed by atoms with Gasteiger partial charge in [0.05, 0.1) is 19.8 Å². The van der Waals surface area contributed by atoms with Crippen LogP contribution in [0.4, 0.5) is 0 Å². The minimum Gasteiger partial charge on any atom is -0.424 e. The lowest BCUT2D eigenvalue weighted by atomic mass is 9.89. The average Bonchev–Trinajstić information content (AvgIpc) is 3.09. The molecule has 0 N–H and O–H groups in total. The van der Waals surface area contributed by atoms with Gasteiger partial charge in [0.15, 0.2) is 5.79 Å². The second-order valence-corrected chi connectivity index (χ2v) is 5.70. The molecule has 2 aliphatic rings. The monoisotopic (exact) mass is 281 g/mol. The molecular weight excluding hydrogens is 258 g/mol. The molecule has 1 aromatic heterocycles. The maximum atomic E-state index is 5.76. The predicted octanol–water partition coefficient (Wildman–Crippen LogP) is 1.75. The zero-order valence-electron chi connectivity index (χ0n) is 12.3. The summed E-state index contributed by atoms with van der Waals surface area (Å²) in [7, 11) is 2.12. The number of ether oxygens (including phenoxy) is 2. The van der Waals surface area contributed by atoms with E-state index in [4.69, 9.17) is 13.9 Å². The predicted molar refractivity (Wildman–Crippen MR) is 72.0 cm³/mol. The van der Waals surface area contributed by atoms with Crippen molar-refractivity contribution in [2.75, 3.05) is 20.3 Å². The number of aryl methyl sites for hydroxylation is 1. The maximum absolute atomic E-state index is 5.76. The van der Waals surface area contributed by atoms with Gasteiger partial charge in [0, 0.05) is 25.3 Å². The third-order valence-electron chi connectivity index (χ3n) is 4.35. The zero-order chi connectivity index (χ0) is 14.0. The van der Waals surface area contributed by atoms with Crippen LogP contribution < -0.4 is 0 Å². The highest BCUT2D eigenvalue weighted by Gasteiger charge is 2.41. The van der Waals surface area contributed by atoms with E-state index < -0.39 is 0 Å². The molecule has 2 heterocycles. The molecule has 0 atom stereocenters. The Hall–Kier alpha value is -0.980. The third-order valence-corrected chi connectivity index (χ3v) is 4.35. The van der Waals surface area contributed by atoms with Crippen LogP contribution in [-0.2, 0) is 22.4 Å². The Kier molecular flexibility index (Phi) is 4.05. The van der Waals surface area contributed by atoms with Crippen molar-refractivity contribution < 1.29 is 13.9 Å². The van der Waals surface area contributed by atoms with Gasteiger partial charge in [0.2, 0.25) is 11.8 Å². The van der Waals surface area contributed by atoms with E-state index in [1.54, 1.807) is 0 Å². The molecule has 0 unspecified atom stereocenters. The van der Waals surface area contributed by atoms with Crippen LogP contribution in [0, 0.1) is 0 Å². The molecule has 1 aromatic rings. The minimum atomic E-state index is -0.281. The molecule has 1 saturated heterocycles. The Morgan fingerprint density at radius 2 is 1.80 bits per heavy atom. The fourth-order valence-electron chi connectivity index (χ4n) is 3.11. The van der Waals surface area contributed by atoms with Crippen LogP contribution in [0.5, 0.6) is 0 Å². The molecule has 1 aliphatic heterocycles. The van der Waals surface area contributed by atoms with Gasteiger partial charge in [-0.1, -0.05) is 6.92 Å². The number of hydrogen-bond donors (Lipinski definition) is 0. The topological polar surface area (TPSA) is 60.6 Å². The minimum absolute atomic E-state index is 0.281. The van der Waals surface area contributed by atoms with Crippen LogP contribution in [0.3, 0.4) is 0 Å². The van der Waals surface area contributed by atoms with Crippen molar-refractivity contribution in [2.24, 2.45) is 0 Å². The molecular formula is C14H23N3O3. The Morgan fingerprint density at radius 3 is 2.40 bits per heavy atom. The molecule has 20 heavy (non-hydrogen) atoms. The number of nitrogens with zero attached hydrogens (tertiary/aromatic N) is 3. The lowest BCUT2D eigenvalue weighted by Crippen LogP contribution is -2.42. The van der Waals surface area contributed by atoms with E-state index in [9.17, 15) is 0 Å². The van der Waals surface area contributed by atoms with Crippen molar-refractivity contribution in [2.45, 2.75) is 57.4 Å². The highest BCUT2D eigenvalue weighted by atomic mass is 16.7. The molecule has 0 bridgehead atoms. The largest absolute Gasteiger partial charge is 0.424 e. The summed E-state index contributed by atoms with van der Waals surface area (Å²) < 4.78 is 17.1. The summed E-state index contributed by atoms with van der Waals surface area (Å²) in [6.07, 6.45) is 4.92. The normalized spacial score (nSPS) is 22.9. The van der Waals surface area contributed by atoms with Gasteiger partial charge in [0.25, 0.3) is 0 Å². The van der Waals surface area contributed by atoms with E-state index in [2.05, 4.69) is 22.1 Å². The number of rotatable bonds is 4. The molecule has 112 valence electrons. The standard InChI is InChI=1S/C14H23N3O3/c1-3-12-15-16-13(20-12)10-17(2)11-4-6-14(7-5-11)18-8-9-19-14/h11H,3-10H2,1-2H3. The van der Waals surface area contributed by atoms with Crippen molar-refractivity contribution in [3.8, 4) is 0 Å². The number of hydrogen-bond acceptors (Lipinski definition) is 6. The number of aromatic nitrogens is 2. The molecule has 6 heteroatoms. The second kappa shape index (κ2) is 5.79. The van der Waals surface area contributed by atoms with Gasteiger partial charge < -0.3 is 13.9 Å². The van der Waals surface area contributed by atoms with Crippen molar-refractivity contribution in [1.29, 1.82) is 0 Å². The molecule has 3 rings (SSSR count). The van der Waals surface area contributed by atoms with Crippen LogP contribution in [0.2, 0.25) is 0 Å². The molecule has 0 radical (unpaired) electrons. The quantitative estimate of drug-likeness (QED) is 0.838. The molecule has 2 fully saturated rings. The molecule has 1 spiro atoms.